The maximum Gasteiger partial charge on any atom is 0.204 e. The first-order valence-electron chi connectivity index (χ1n) is 5.25. The lowest BCUT2D eigenvalue weighted by atomic mass is 9.95. The van der Waals surface area contributed by atoms with Crippen molar-refractivity contribution in [2.75, 3.05) is 0 Å². The molecule has 90 valence electrons. The van der Waals surface area contributed by atoms with Gasteiger partial charge in [0.1, 0.15) is 0 Å². The average Bonchev–Trinajstić information content (AvgIpc) is 2.17. The van der Waals surface area contributed by atoms with E-state index in [1.165, 1.54) is 5.56 Å². The molecule has 1 rings (SSSR count). The highest BCUT2D eigenvalue weighted by molar-refractivity contribution is 6.31. The Morgan fingerprint density at radius 1 is 1.31 bits per heavy atom. The van der Waals surface area contributed by atoms with Crippen molar-refractivity contribution in [1.29, 1.82) is 0 Å². The van der Waals surface area contributed by atoms with Crippen LogP contribution in [0.1, 0.15) is 50.8 Å². The highest BCUT2D eigenvalue weighted by atomic mass is 35.5. The molecule has 0 radical (unpaired) electrons. The molecular formula is C12H19ClN2O. The fraction of sp³-hybridized carbons (Fsp3) is 0.500. The van der Waals surface area contributed by atoms with E-state index < -0.39 is 0 Å². The number of aromatic nitrogens is 1. The predicted molar refractivity (Wildman–Crippen MR) is 67.7 cm³/mol. The molecule has 0 aliphatic heterocycles. The summed E-state index contributed by atoms with van der Waals surface area (Å²) < 4.78 is 0. The first-order valence-corrected chi connectivity index (χ1v) is 5.63. The van der Waals surface area contributed by atoms with Gasteiger partial charge in [-0.05, 0) is 23.5 Å². The molecule has 1 amide bonds. The molecule has 3 nitrogen and oxygen atoms in total. The second-order valence-corrected chi connectivity index (χ2v) is 4.44. The second-order valence-electron chi connectivity index (χ2n) is 4.04. The van der Waals surface area contributed by atoms with E-state index >= 15 is 0 Å². The number of halogens is 1. The number of hydrogen-bond acceptors (Lipinski definition) is 2. The molecule has 0 aliphatic carbocycles. The fourth-order valence-corrected chi connectivity index (χ4v) is 1.87. The van der Waals surface area contributed by atoms with Gasteiger partial charge in [0, 0.05) is 16.9 Å². The number of primary amides is 1. The lowest BCUT2D eigenvalue weighted by Crippen LogP contribution is -2.02. The SMILES string of the molecule is CC(C)c1nccc(Cl)c1C(C)C.NC=O. The molecule has 2 N–H and O–H groups in total. The van der Waals surface area contributed by atoms with Crippen LogP contribution in [0.2, 0.25) is 5.02 Å². The lowest BCUT2D eigenvalue weighted by molar-refractivity contribution is -0.106. The van der Waals surface area contributed by atoms with E-state index in [0.717, 1.165) is 10.7 Å². The smallest absolute Gasteiger partial charge is 0.204 e. The topological polar surface area (TPSA) is 56.0 Å². The van der Waals surface area contributed by atoms with Crippen LogP contribution < -0.4 is 5.73 Å². The zero-order valence-corrected chi connectivity index (χ0v) is 11.0. The van der Waals surface area contributed by atoms with E-state index in [2.05, 4.69) is 38.4 Å². The van der Waals surface area contributed by atoms with Gasteiger partial charge in [0.2, 0.25) is 6.41 Å². The van der Waals surface area contributed by atoms with Crippen LogP contribution in [0.3, 0.4) is 0 Å². The van der Waals surface area contributed by atoms with Gasteiger partial charge in [0.15, 0.2) is 0 Å². The monoisotopic (exact) mass is 242 g/mol. The van der Waals surface area contributed by atoms with Crippen molar-refractivity contribution in [3.8, 4) is 0 Å². The van der Waals surface area contributed by atoms with Crippen LogP contribution >= 0.6 is 11.6 Å². The van der Waals surface area contributed by atoms with Gasteiger partial charge in [0.25, 0.3) is 0 Å². The van der Waals surface area contributed by atoms with Crippen molar-refractivity contribution in [1.82, 2.24) is 4.98 Å². The Morgan fingerprint density at radius 3 is 2.12 bits per heavy atom. The average molecular weight is 243 g/mol. The zero-order chi connectivity index (χ0) is 12.7. The van der Waals surface area contributed by atoms with Crippen LogP contribution in [-0.4, -0.2) is 11.4 Å². The zero-order valence-electron chi connectivity index (χ0n) is 10.2. The minimum atomic E-state index is 0.250. The Balaban J connectivity index is 0.000000673. The van der Waals surface area contributed by atoms with Gasteiger partial charge >= 0.3 is 0 Å². The lowest BCUT2D eigenvalue weighted by Gasteiger charge is -2.15. The number of nitrogens with two attached hydrogens (primary N) is 1. The molecular weight excluding hydrogens is 224 g/mol. The van der Waals surface area contributed by atoms with E-state index in [9.17, 15) is 0 Å². The van der Waals surface area contributed by atoms with Crippen LogP contribution in [0.5, 0.6) is 0 Å². The van der Waals surface area contributed by atoms with E-state index in [1.807, 2.05) is 6.07 Å². The fourth-order valence-electron chi connectivity index (χ4n) is 1.50. The first kappa shape index (κ1) is 14.9. The summed E-state index contributed by atoms with van der Waals surface area (Å²) in [5.41, 5.74) is 6.49. The van der Waals surface area contributed by atoms with Gasteiger partial charge in [-0.2, -0.15) is 0 Å². The minimum Gasteiger partial charge on any atom is -0.372 e. The molecule has 1 aromatic rings. The summed E-state index contributed by atoms with van der Waals surface area (Å²) in [6.45, 7) is 8.58. The molecule has 4 heteroatoms. The molecule has 0 bridgehead atoms. The van der Waals surface area contributed by atoms with Crippen molar-refractivity contribution in [2.24, 2.45) is 5.73 Å². The summed E-state index contributed by atoms with van der Waals surface area (Å²) in [6.07, 6.45) is 2.03. The van der Waals surface area contributed by atoms with Crippen LogP contribution in [0.25, 0.3) is 0 Å². The van der Waals surface area contributed by atoms with Crippen LogP contribution in [-0.2, 0) is 4.79 Å². The Kier molecular flexibility index (Phi) is 6.74. The van der Waals surface area contributed by atoms with Crippen LogP contribution in [0.15, 0.2) is 12.3 Å². The van der Waals surface area contributed by atoms with Gasteiger partial charge in [-0.15, -0.1) is 0 Å². The van der Waals surface area contributed by atoms with Gasteiger partial charge < -0.3 is 5.73 Å². The van der Waals surface area contributed by atoms with Gasteiger partial charge in [-0.3, -0.25) is 9.78 Å². The molecule has 1 heterocycles. The molecule has 0 saturated carbocycles. The molecule has 0 fully saturated rings. The Labute approximate surface area is 102 Å². The molecule has 0 saturated heterocycles. The summed E-state index contributed by atoms with van der Waals surface area (Å²) in [5.74, 6) is 0.884. The standard InChI is InChI=1S/C11H16ClN.CH3NO/c1-7(2)10-9(12)5-6-13-11(10)8(3)4;2-1-3/h5-8H,1-4H3;1H,(H2,2,3). The van der Waals surface area contributed by atoms with Crippen molar-refractivity contribution >= 4 is 18.0 Å². The first-order chi connectivity index (χ1) is 7.45. The summed E-state index contributed by atoms with van der Waals surface area (Å²) in [7, 11) is 0. The largest absolute Gasteiger partial charge is 0.372 e. The second kappa shape index (κ2) is 7.23. The van der Waals surface area contributed by atoms with E-state index in [-0.39, 0.29) is 6.41 Å². The summed E-state index contributed by atoms with van der Waals surface area (Å²) in [5, 5.41) is 0.841. The molecule has 0 aliphatic rings. The Morgan fingerprint density at radius 2 is 1.81 bits per heavy atom. The van der Waals surface area contributed by atoms with E-state index in [1.54, 1.807) is 6.20 Å². The van der Waals surface area contributed by atoms with Crippen molar-refractivity contribution in [2.45, 2.75) is 39.5 Å². The Bertz CT molecular complexity index is 338. The molecule has 0 atom stereocenters. The number of rotatable bonds is 2. The number of carbonyl (C=O) groups is 1. The maximum atomic E-state index is 8.58. The maximum absolute atomic E-state index is 8.58. The van der Waals surface area contributed by atoms with E-state index in [0.29, 0.717) is 11.8 Å². The minimum absolute atomic E-state index is 0.250. The van der Waals surface area contributed by atoms with Crippen molar-refractivity contribution in [3.05, 3.63) is 28.5 Å². The number of nitrogens with zero attached hydrogens (tertiary/aromatic N) is 1. The molecule has 0 aromatic carbocycles. The molecule has 0 spiro atoms. The highest BCUT2D eigenvalue weighted by Crippen LogP contribution is 2.30. The number of carbonyl (C=O) groups excluding carboxylic acids is 1. The normalized spacial score (nSPS) is 9.94. The van der Waals surface area contributed by atoms with Gasteiger partial charge in [-0.25, -0.2) is 0 Å². The van der Waals surface area contributed by atoms with Crippen LogP contribution in [0.4, 0.5) is 0 Å². The Hall–Kier alpha value is -1.09. The number of amides is 1. The van der Waals surface area contributed by atoms with Gasteiger partial charge in [-0.1, -0.05) is 39.3 Å². The third kappa shape index (κ3) is 4.19. The predicted octanol–water partition coefficient (Wildman–Crippen LogP) is 3.08. The molecule has 1 aromatic heterocycles. The molecule has 0 unspecified atom stereocenters. The van der Waals surface area contributed by atoms with Crippen LogP contribution in [0, 0.1) is 0 Å². The quantitative estimate of drug-likeness (QED) is 0.811. The highest BCUT2D eigenvalue weighted by Gasteiger charge is 2.14. The van der Waals surface area contributed by atoms with Crippen molar-refractivity contribution < 1.29 is 4.79 Å². The summed E-state index contributed by atoms with van der Waals surface area (Å²) in [4.78, 5) is 13.0. The third-order valence-corrected chi connectivity index (χ3v) is 2.42. The van der Waals surface area contributed by atoms with E-state index in [4.69, 9.17) is 16.4 Å². The summed E-state index contributed by atoms with van der Waals surface area (Å²) in [6, 6.07) is 1.86. The summed E-state index contributed by atoms with van der Waals surface area (Å²) >= 11 is 6.13. The van der Waals surface area contributed by atoms with Crippen molar-refractivity contribution in [3.63, 3.8) is 0 Å². The van der Waals surface area contributed by atoms with Gasteiger partial charge in [0.05, 0.1) is 0 Å². The number of hydrogen-bond donors (Lipinski definition) is 1. The number of pyridine rings is 1. The third-order valence-electron chi connectivity index (χ3n) is 2.09. The molecule has 16 heavy (non-hydrogen) atoms.